The van der Waals surface area contributed by atoms with Crippen LogP contribution in [0.15, 0.2) is 64.3 Å². The third-order valence-corrected chi connectivity index (χ3v) is 5.50. The van der Waals surface area contributed by atoms with Gasteiger partial charge in [-0.2, -0.15) is 0 Å². The normalized spacial score (nSPS) is 19.0. The SMILES string of the molecule is CN1C(=O)NC(c2ccc(Br)cc2)C2=C1CN(c1cccc(C(=O)O)c1)C2=O. The number of hydrogen-bond acceptors (Lipinski definition) is 3. The van der Waals surface area contributed by atoms with Gasteiger partial charge in [-0.15, -0.1) is 0 Å². The molecule has 2 aliphatic heterocycles. The maximum Gasteiger partial charge on any atom is 0.335 e. The zero-order valence-corrected chi connectivity index (χ0v) is 16.4. The zero-order chi connectivity index (χ0) is 20.0. The number of urea groups is 1. The van der Waals surface area contributed by atoms with Crippen LogP contribution in [-0.2, 0) is 4.79 Å². The van der Waals surface area contributed by atoms with E-state index in [1.807, 2.05) is 24.3 Å². The van der Waals surface area contributed by atoms with Gasteiger partial charge in [0.15, 0.2) is 0 Å². The molecule has 2 aromatic rings. The van der Waals surface area contributed by atoms with E-state index in [1.54, 1.807) is 19.2 Å². The molecule has 0 aromatic heterocycles. The molecule has 2 heterocycles. The van der Waals surface area contributed by atoms with Gasteiger partial charge in [0.2, 0.25) is 0 Å². The van der Waals surface area contributed by atoms with E-state index >= 15 is 0 Å². The molecule has 0 radical (unpaired) electrons. The number of likely N-dealkylation sites (N-methyl/N-ethyl adjacent to an activating group) is 1. The number of carbonyl (C=O) groups is 3. The number of rotatable bonds is 3. The fraction of sp³-hybridized carbons (Fsp3) is 0.150. The predicted molar refractivity (Wildman–Crippen MR) is 106 cm³/mol. The maximum absolute atomic E-state index is 13.3. The minimum atomic E-state index is -1.06. The molecule has 0 fully saturated rings. The molecule has 1 atom stereocenters. The Balaban J connectivity index is 1.75. The fourth-order valence-electron chi connectivity index (χ4n) is 3.49. The van der Waals surface area contributed by atoms with E-state index in [-0.39, 0.29) is 24.0 Å². The van der Waals surface area contributed by atoms with Gasteiger partial charge in [-0.05, 0) is 35.9 Å². The summed E-state index contributed by atoms with van der Waals surface area (Å²) in [6.45, 7) is 0.203. The van der Waals surface area contributed by atoms with Crippen LogP contribution in [0, 0.1) is 0 Å². The first-order valence-corrected chi connectivity index (χ1v) is 9.34. The van der Waals surface area contributed by atoms with E-state index < -0.39 is 12.0 Å². The average molecular weight is 442 g/mol. The maximum atomic E-state index is 13.3. The van der Waals surface area contributed by atoms with Gasteiger partial charge < -0.3 is 15.3 Å². The largest absolute Gasteiger partial charge is 0.478 e. The highest BCUT2D eigenvalue weighted by Gasteiger charge is 2.43. The van der Waals surface area contributed by atoms with Crippen LogP contribution in [0.3, 0.4) is 0 Å². The number of amides is 3. The molecular formula is C20H16BrN3O4. The van der Waals surface area contributed by atoms with E-state index in [1.165, 1.54) is 21.9 Å². The number of nitrogens with zero attached hydrogens (tertiary/aromatic N) is 2. The first-order chi connectivity index (χ1) is 13.4. The molecule has 3 amide bonds. The summed E-state index contributed by atoms with van der Waals surface area (Å²) >= 11 is 3.39. The summed E-state index contributed by atoms with van der Waals surface area (Å²) in [5, 5.41) is 12.1. The van der Waals surface area contributed by atoms with Crippen LogP contribution in [0.2, 0.25) is 0 Å². The monoisotopic (exact) mass is 441 g/mol. The number of carboxylic acids is 1. The molecule has 2 aromatic carbocycles. The second-order valence-corrected chi connectivity index (χ2v) is 7.52. The van der Waals surface area contributed by atoms with Crippen molar-refractivity contribution in [3.8, 4) is 0 Å². The predicted octanol–water partition coefficient (Wildman–Crippen LogP) is 3.14. The molecule has 4 rings (SSSR count). The van der Waals surface area contributed by atoms with Crippen molar-refractivity contribution in [1.82, 2.24) is 10.2 Å². The third-order valence-electron chi connectivity index (χ3n) is 4.97. The van der Waals surface area contributed by atoms with Gasteiger partial charge >= 0.3 is 12.0 Å². The van der Waals surface area contributed by atoms with Crippen molar-refractivity contribution in [2.45, 2.75) is 6.04 Å². The number of hydrogen-bond donors (Lipinski definition) is 2. The van der Waals surface area contributed by atoms with E-state index in [0.29, 0.717) is 17.0 Å². The average Bonchev–Trinajstić information content (AvgIpc) is 3.03. The van der Waals surface area contributed by atoms with Crippen LogP contribution in [0.5, 0.6) is 0 Å². The van der Waals surface area contributed by atoms with E-state index in [2.05, 4.69) is 21.2 Å². The number of benzene rings is 2. The summed E-state index contributed by atoms with van der Waals surface area (Å²) in [5.74, 6) is -1.31. The lowest BCUT2D eigenvalue weighted by molar-refractivity contribution is -0.114. The van der Waals surface area contributed by atoms with Gasteiger partial charge in [-0.1, -0.05) is 34.1 Å². The van der Waals surface area contributed by atoms with Crippen molar-refractivity contribution >= 4 is 39.5 Å². The summed E-state index contributed by atoms with van der Waals surface area (Å²) in [6, 6.07) is 12.8. The first-order valence-electron chi connectivity index (χ1n) is 8.55. The van der Waals surface area contributed by atoms with Crippen LogP contribution < -0.4 is 10.2 Å². The lowest BCUT2D eigenvalue weighted by Gasteiger charge is -2.31. The second-order valence-electron chi connectivity index (χ2n) is 6.60. The Morgan fingerprint density at radius 2 is 1.89 bits per heavy atom. The Hall–Kier alpha value is -3.13. The third kappa shape index (κ3) is 2.95. The lowest BCUT2D eigenvalue weighted by Crippen LogP contribution is -2.45. The number of anilines is 1. The van der Waals surface area contributed by atoms with Crippen LogP contribution >= 0.6 is 15.9 Å². The molecule has 0 saturated carbocycles. The number of aromatic carboxylic acids is 1. The van der Waals surface area contributed by atoms with Crippen LogP contribution in [0.4, 0.5) is 10.5 Å². The second kappa shape index (κ2) is 6.79. The van der Waals surface area contributed by atoms with E-state index in [4.69, 9.17) is 0 Å². The molecule has 0 bridgehead atoms. The molecule has 0 aliphatic carbocycles. The van der Waals surface area contributed by atoms with Crippen molar-refractivity contribution < 1.29 is 19.5 Å². The topological polar surface area (TPSA) is 90.0 Å². The van der Waals surface area contributed by atoms with Gasteiger partial charge in [0, 0.05) is 17.2 Å². The summed E-state index contributed by atoms with van der Waals surface area (Å²) in [4.78, 5) is 39.9. The summed E-state index contributed by atoms with van der Waals surface area (Å²) in [6.07, 6.45) is 0. The molecular weight excluding hydrogens is 426 g/mol. The molecule has 1 unspecified atom stereocenters. The van der Waals surface area contributed by atoms with Gasteiger partial charge in [0.1, 0.15) is 0 Å². The smallest absolute Gasteiger partial charge is 0.335 e. The molecule has 142 valence electrons. The van der Waals surface area contributed by atoms with E-state index in [0.717, 1.165) is 10.0 Å². The summed E-state index contributed by atoms with van der Waals surface area (Å²) < 4.78 is 0.898. The molecule has 28 heavy (non-hydrogen) atoms. The highest BCUT2D eigenvalue weighted by atomic mass is 79.9. The Morgan fingerprint density at radius 1 is 1.18 bits per heavy atom. The number of carbonyl (C=O) groups excluding carboxylic acids is 2. The van der Waals surface area contributed by atoms with E-state index in [9.17, 15) is 19.5 Å². The molecule has 0 spiro atoms. The first kappa shape index (κ1) is 18.2. The van der Waals surface area contributed by atoms with Crippen LogP contribution in [0.25, 0.3) is 0 Å². The Kier molecular flexibility index (Phi) is 4.43. The molecule has 0 saturated heterocycles. The van der Waals surface area contributed by atoms with Crippen molar-refractivity contribution in [2.24, 2.45) is 0 Å². The van der Waals surface area contributed by atoms with Crippen molar-refractivity contribution in [1.29, 1.82) is 0 Å². The summed E-state index contributed by atoms with van der Waals surface area (Å²) in [5.41, 5.74) is 2.48. The number of carboxylic acid groups (broad SMARTS) is 1. The molecule has 2 N–H and O–H groups in total. The highest BCUT2D eigenvalue weighted by molar-refractivity contribution is 9.10. The highest BCUT2D eigenvalue weighted by Crippen LogP contribution is 2.37. The fourth-order valence-corrected chi connectivity index (χ4v) is 3.75. The lowest BCUT2D eigenvalue weighted by atomic mass is 9.96. The molecule has 2 aliphatic rings. The van der Waals surface area contributed by atoms with Crippen molar-refractivity contribution in [2.75, 3.05) is 18.5 Å². The minimum Gasteiger partial charge on any atom is -0.478 e. The van der Waals surface area contributed by atoms with Crippen molar-refractivity contribution in [3.63, 3.8) is 0 Å². The van der Waals surface area contributed by atoms with Crippen LogP contribution in [-0.4, -0.2) is 41.5 Å². The standard InChI is InChI=1S/C20H16BrN3O4/c1-23-15-10-24(14-4-2-3-12(9-14)19(26)27)18(25)16(15)17(22-20(23)28)11-5-7-13(21)8-6-11/h2-9,17H,10H2,1H3,(H,22,28)(H,26,27). The number of halogens is 1. The van der Waals surface area contributed by atoms with Crippen molar-refractivity contribution in [3.05, 3.63) is 75.4 Å². The minimum absolute atomic E-state index is 0.0992. The Bertz CT molecular complexity index is 1030. The summed E-state index contributed by atoms with van der Waals surface area (Å²) in [7, 11) is 1.62. The molecule has 8 heteroatoms. The Labute approximate surface area is 169 Å². The molecule has 7 nitrogen and oxygen atoms in total. The Morgan fingerprint density at radius 3 is 2.57 bits per heavy atom. The van der Waals surface area contributed by atoms with Crippen LogP contribution in [0.1, 0.15) is 22.0 Å². The quantitative estimate of drug-likeness (QED) is 0.765. The van der Waals surface area contributed by atoms with Gasteiger partial charge in [-0.25, -0.2) is 9.59 Å². The zero-order valence-electron chi connectivity index (χ0n) is 14.8. The number of nitrogens with one attached hydrogen (secondary N) is 1. The van der Waals surface area contributed by atoms with Gasteiger partial charge in [0.05, 0.1) is 29.4 Å². The van der Waals surface area contributed by atoms with Gasteiger partial charge in [-0.3, -0.25) is 9.69 Å². The van der Waals surface area contributed by atoms with Gasteiger partial charge in [0.25, 0.3) is 5.91 Å².